The van der Waals surface area contributed by atoms with Crippen LogP contribution in [0.5, 0.6) is 28.7 Å². The van der Waals surface area contributed by atoms with Gasteiger partial charge in [-0.2, -0.15) is 5.10 Å². The molecule has 0 saturated heterocycles. The first-order chi connectivity index (χ1) is 19.0. The average Bonchev–Trinajstić information content (AvgIpc) is 3.40. The molecule has 0 fully saturated rings. The Morgan fingerprint density at radius 2 is 1.64 bits per heavy atom. The number of hydrogen-bond donors (Lipinski definition) is 2. The zero-order valence-electron chi connectivity index (χ0n) is 21.7. The Morgan fingerprint density at radius 1 is 0.949 bits per heavy atom. The Bertz CT molecular complexity index is 1450. The van der Waals surface area contributed by atoms with Crippen molar-refractivity contribution in [1.29, 1.82) is 0 Å². The Balaban J connectivity index is 1.58. The predicted molar refractivity (Wildman–Crippen MR) is 148 cm³/mol. The van der Waals surface area contributed by atoms with E-state index < -0.39 is 0 Å². The molecule has 0 aliphatic rings. The monoisotopic (exact) mass is 549 g/mol. The summed E-state index contributed by atoms with van der Waals surface area (Å²) in [6, 6.07) is 18.1. The van der Waals surface area contributed by atoms with Gasteiger partial charge in [0, 0.05) is 16.8 Å². The van der Waals surface area contributed by atoms with Crippen LogP contribution in [0.3, 0.4) is 0 Å². The number of thioether (sulfide) groups is 1. The Labute approximate surface area is 229 Å². The molecule has 202 valence electrons. The smallest absolute Gasteiger partial charge is 0.250 e. The number of benzene rings is 3. The third-order valence-electron chi connectivity index (χ3n) is 5.55. The van der Waals surface area contributed by atoms with E-state index in [-0.39, 0.29) is 17.4 Å². The second-order valence-corrected chi connectivity index (χ2v) is 8.81. The number of para-hydroxylation sites is 2. The molecule has 0 radical (unpaired) electrons. The number of rotatable bonds is 11. The van der Waals surface area contributed by atoms with E-state index in [4.69, 9.17) is 18.9 Å². The Morgan fingerprint density at radius 3 is 2.28 bits per heavy atom. The number of carbonyl (C=O) groups excluding carboxylic acids is 1. The molecule has 39 heavy (non-hydrogen) atoms. The maximum atomic E-state index is 12.5. The normalized spacial score (nSPS) is 10.9. The molecule has 0 bridgehead atoms. The summed E-state index contributed by atoms with van der Waals surface area (Å²) < 4.78 is 23.4. The van der Waals surface area contributed by atoms with Gasteiger partial charge in [0.15, 0.2) is 34.0 Å². The van der Waals surface area contributed by atoms with Gasteiger partial charge >= 0.3 is 0 Å². The van der Waals surface area contributed by atoms with Crippen molar-refractivity contribution in [2.75, 3.05) is 34.2 Å². The fourth-order valence-corrected chi connectivity index (χ4v) is 4.46. The van der Waals surface area contributed by atoms with Gasteiger partial charge in [-0.1, -0.05) is 36.0 Å². The number of nitrogens with one attached hydrogen (secondary N) is 1. The highest BCUT2D eigenvalue weighted by molar-refractivity contribution is 7.99. The van der Waals surface area contributed by atoms with Gasteiger partial charge in [-0.25, -0.2) is 5.43 Å². The van der Waals surface area contributed by atoms with Gasteiger partial charge in [-0.15, -0.1) is 10.2 Å². The highest BCUT2D eigenvalue weighted by atomic mass is 32.2. The fraction of sp³-hybridized carbons (Fsp3) is 0.185. The van der Waals surface area contributed by atoms with E-state index in [1.807, 2.05) is 34.9 Å². The number of carbonyl (C=O) groups is 1. The molecule has 12 heteroatoms. The van der Waals surface area contributed by atoms with Crippen LogP contribution in [0.15, 0.2) is 70.9 Å². The maximum Gasteiger partial charge on any atom is 0.250 e. The lowest BCUT2D eigenvalue weighted by Gasteiger charge is -2.15. The van der Waals surface area contributed by atoms with Crippen molar-refractivity contribution in [1.82, 2.24) is 20.2 Å². The van der Waals surface area contributed by atoms with Crippen molar-refractivity contribution < 1.29 is 28.8 Å². The van der Waals surface area contributed by atoms with E-state index in [0.717, 1.165) is 5.69 Å². The molecule has 0 spiro atoms. The van der Waals surface area contributed by atoms with Crippen LogP contribution >= 0.6 is 11.8 Å². The van der Waals surface area contributed by atoms with E-state index in [1.54, 1.807) is 44.6 Å². The molecule has 2 N–H and O–H groups in total. The molecule has 4 aromatic rings. The van der Waals surface area contributed by atoms with Crippen LogP contribution in [-0.2, 0) is 4.79 Å². The molecular formula is C27H27N5O6S. The van der Waals surface area contributed by atoms with Gasteiger partial charge in [0.05, 0.1) is 40.4 Å². The third-order valence-corrected chi connectivity index (χ3v) is 6.48. The molecule has 1 aromatic heterocycles. The Hall–Kier alpha value is -4.71. The lowest BCUT2D eigenvalue weighted by molar-refractivity contribution is -0.118. The van der Waals surface area contributed by atoms with Crippen LogP contribution in [0.4, 0.5) is 0 Å². The maximum absolute atomic E-state index is 12.5. The third kappa shape index (κ3) is 6.07. The summed E-state index contributed by atoms with van der Waals surface area (Å²) in [6.07, 6.45) is 1.34. The number of phenols is 1. The SMILES string of the molecule is COc1cccc(C=NNC(=O)CSc2nnc(-c3cc(OC)c(OC)c(OC)c3)n2-c2ccccc2)c1O. The summed E-state index contributed by atoms with van der Waals surface area (Å²) in [4.78, 5) is 12.5. The van der Waals surface area contributed by atoms with E-state index >= 15 is 0 Å². The van der Waals surface area contributed by atoms with Gasteiger partial charge in [-0.05, 0) is 36.4 Å². The second kappa shape index (κ2) is 12.7. The molecule has 0 saturated carbocycles. The fourth-order valence-electron chi connectivity index (χ4n) is 3.71. The van der Waals surface area contributed by atoms with Crippen molar-refractivity contribution in [3.63, 3.8) is 0 Å². The molecule has 0 unspecified atom stereocenters. The van der Waals surface area contributed by atoms with E-state index in [1.165, 1.54) is 32.2 Å². The van der Waals surface area contributed by atoms with Gasteiger partial charge < -0.3 is 24.1 Å². The quantitative estimate of drug-likeness (QED) is 0.162. The minimum absolute atomic E-state index is 0.0155. The second-order valence-electron chi connectivity index (χ2n) is 7.87. The molecule has 1 heterocycles. The van der Waals surface area contributed by atoms with Crippen molar-refractivity contribution in [2.45, 2.75) is 5.16 Å². The van der Waals surface area contributed by atoms with Crippen LogP contribution in [0.25, 0.3) is 17.1 Å². The number of phenolic OH excluding ortho intramolecular Hbond substituents is 1. The highest BCUT2D eigenvalue weighted by Gasteiger charge is 2.21. The summed E-state index contributed by atoms with van der Waals surface area (Å²) in [6.45, 7) is 0. The predicted octanol–water partition coefficient (Wildman–Crippen LogP) is 3.92. The summed E-state index contributed by atoms with van der Waals surface area (Å²) in [7, 11) is 6.08. The number of nitrogens with zero attached hydrogens (tertiary/aromatic N) is 4. The summed E-state index contributed by atoms with van der Waals surface area (Å²) in [5.74, 6) is 1.83. The highest BCUT2D eigenvalue weighted by Crippen LogP contribution is 2.41. The zero-order valence-corrected chi connectivity index (χ0v) is 22.6. The first-order valence-electron chi connectivity index (χ1n) is 11.6. The van der Waals surface area contributed by atoms with Crippen molar-refractivity contribution >= 4 is 23.9 Å². The number of ether oxygens (including phenoxy) is 4. The standard InChI is InChI=1S/C27H27N5O6S/c1-35-20-12-8-9-17(24(20)34)15-28-29-23(33)16-39-27-31-30-26(32(27)19-10-6-5-7-11-19)18-13-21(36-2)25(38-4)22(14-18)37-3/h5-15,34H,16H2,1-4H3,(H,29,33). The molecule has 0 aliphatic heterocycles. The van der Waals surface area contributed by atoms with Crippen molar-refractivity contribution in [3.8, 4) is 45.8 Å². The average molecular weight is 550 g/mol. The minimum Gasteiger partial charge on any atom is -0.504 e. The van der Waals surface area contributed by atoms with E-state index in [2.05, 4.69) is 20.7 Å². The van der Waals surface area contributed by atoms with Gasteiger partial charge in [0.25, 0.3) is 5.91 Å². The lowest BCUT2D eigenvalue weighted by Crippen LogP contribution is -2.20. The molecule has 0 aliphatic carbocycles. The van der Waals surface area contributed by atoms with Crippen LogP contribution in [0, 0.1) is 0 Å². The number of hydrogen-bond acceptors (Lipinski definition) is 10. The number of aromatic hydroxyl groups is 1. The minimum atomic E-state index is -0.365. The number of methoxy groups -OCH3 is 4. The van der Waals surface area contributed by atoms with Crippen molar-refractivity contribution in [3.05, 3.63) is 66.2 Å². The summed E-state index contributed by atoms with van der Waals surface area (Å²) >= 11 is 1.20. The molecule has 1 amide bonds. The molecular weight excluding hydrogens is 522 g/mol. The first kappa shape index (κ1) is 27.3. The van der Waals surface area contributed by atoms with Gasteiger partial charge in [0.1, 0.15) is 0 Å². The van der Waals surface area contributed by atoms with E-state index in [0.29, 0.717) is 45.1 Å². The van der Waals surface area contributed by atoms with Crippen LogP contribution in [0.1, 0.15) is 5.56 Å². The van der Waals surface area contributed by atoms with Crippen LogP contribution < -0.4 is 24.4 Å². The largest absolute Gasteiger partial charge is 0.504 e. The number of amides is 1. The van der Waals surface area contributed by atoms with Gasteiger partial charge in [0.2, 0.25) is 5.75 Å². The number of hydrazone groups is 1. The molecule has 4 rings (SSSR count). The lowest BCUT2D eigenvalue weighted by atomic mass is 10.1. The van der Waals surface area contributed by atoms with Crippen LogP contribution in [0.2, 0.25) is 0 Å². The summed E-state index contributed by atoms with van der Waals surface area (Å²) in [5, 5.41) is 23.4. The first-order valence-corrected chi connectivity index (χ1v) is 12.6. The summed E-state index contributed by atoms with van der Waals surface area (Å²) in [5.41, 5.74) is 4.35. The van der Waals surface area contributed by atoms with Crippen molar-refractivity contribution in [2.24, 2.45) is 5.10 Å². The number of aromatic nitrogens is 3. The Kier molecular flexibility index (Phi) is 8.90. The van der Waals surface area contributed by atoms with Crippen LogP contribution in [-0.4, -0.2) is 66.2 Å². The molecule has 0 atom stereocenters. The molecule has 3 aromatic carbocycles. The van der Waals surface area contributed by atoms with E-state index in [9.17, 15) is 9.90 Å². The van der Waals surface area contributed by atoms with Gasteiger partial charge in [-0.3, -0.25) is 9.36 Å². The zero-order chi connectivity index (χ0) is 27.8. The topological polar surface area (TPSA) is 129 Å². The molecule has 11 nitrogen and oxygen atoms in total.